The van der Waals surface area contributed by atoms with Crippen molar-refractivity contribution in [2.75, 3.05) is 6.54 Å². The average molecular weight is 197 g/mol. The summed E-state index contributed by atoms with van der Waals surface area (Å²) in [5, 5.41) is 2.86. The van der Waals surface area contributed by atoms with E-state index in [1.165, 1.54) is 13.3 Å². The molecule has 0 bridgehead atoms. The largest absolute Gasteiger partial charge is 0.356 e. The van der Waals surface area contributed by atoms with E-state index in [9.17, 15) is 9.59 Å². The molecule has 0 radical (unpaired) electrons. The average Bonchev–Trinajstić information content (AvgIpc) is 2.67. The van der Waals surface area contributed by atoms with Gasteiger partial charge in [-0.3, -0.25) is 4.79 Å². The second kappa shape index (κ2) is 4.11. The number of Topliss-reactive ketones (excluding diaryl/α,β-unsaturated/α-hetero) is 1. The molecule has 1 fully saturated rings. The lowest BCUT2D eigenvalue weighted by molar-refractivity contribution is -0.124. The molecular formula is C11H19NO2. The molecule has 1 N–H and O–H groups in total. The summed E-state index contributed by atoms with van der Waals surface area (Å²) in [7, 11) is 0. The Hall–Kier alpha value is -0.860. The fourth-order valence-corrected chi connectivity index (χ4v) is 1.54. The van der Waals surface area contributed by atoms with Crippen LogP contribution < -0.4 is 5.32 Å². The van der Waals surface area contributed by atoms with E-state index in [2.05, 4.69) is 19.2 Å². The monoisotopic (exact) mass is 197 g/mol. The summed E-state index contributed by atoms with van der Waals surface area (Å²) in [5.74, 6) is 0.707. The van der Waals surface area contributed by atoms with Crippen molar-refractivity contribution in [3.63, 3.8) is 0 Å². The molecule has 80 valence electrons. The topological polar surface area (TPSA) is 46.2 Å². The Morgan fingerprint density at radius 1 is 1.36 bits per heavy atom. The fourth-order valence-electron chi connectivity index (χ4n) is 1.54. The number of hydrogen-bond donors (Lipinski definition) is 1. The molecule has 0 aromatic heterocycles. The van der Waals surface area contributed by atoms with Gasteiger partial charge in [-0.2, -0.15) is 0 Å². The maximum atomic E-state index is 11.2. The zero-order valence-corrected chi connectivity index (χ0v) is 9.22. The molecule has 1 amide bonds. The first kappa shape index (κ1) is 11.2. The zero-order chi connectivity index (χ0) is 10.8. The standard InChI is InChI=1S/C11H19NO2/c1-8(13)4-5-10(14)12-7-9-6-11(9,2)3/h9H,4-7H2,1-3H3,(H,12,14). The van der Waals surface area contributed by atoms with Crippen LogP contribution in [-0.2, 0) is 9.59 Å². The Morgan fingerprint density at radius 3 is 2.36 bits per heavy atom. The second-order valence-corrected chi connectivity index (χ2v) is 4.90. The van der Waals surface area contributed by atoms with Gasteiger partial charge < -0.3 is 10.1 Å². The number of ketones is 1. The molecule has 3 nitrogen and oxygen atoms in total. The minimum absolute atomic E-state index is 0.00269. The van der Waals surface area contributed by atoms with E-state index in [1.54, 1.807) is 0 Å². The van der Waals surface area contributed by atoms with Gasteiger partial charge in [0.25, 0.3) is 0 Å². The van der Waals surface area contributed by atoms with Gasteiger partial charge in [0.05, 0.1) is 0 Å². The van der Waals surface area contributed by atoms with Crippen molar-refractivity contribution in [1.82, 2.24) is 5.32 Å². The summed E-state index contributed by atoms with van der Waals surface area (Å²) in [6.45, 7) is 6.69. The normalized spacial score (nSPS) is 22.9. The number of carbonyl (C=O) groups is 2. The van der Waals surface area contributed by atoms with E-state index in [-0.39, 0.29) is 11.7 Å². The van der Waals surface area contributed by atoms with E-state index in [0.29, 0.717) is 24.2 Å². The van der Waals surface area contributed by atoms with Crippen LogP contribution in [0.3, 0.4) is 0 Å². The van der Waals surface area contributed by atoms with Gasteiger partial charge in [0.1, 0.15) is 5.78 Å². The SMILES string of the molecule is CC(=O)CCC(=O)NCC1CC1(C)C. The minimum Gasteiger partial charge on any atom is -0.356 e. The molecule has 1 unspecified atom stereocenters. The van der Waals surface area contributed by atoms with Crippen LogP contribution in [0.15, 0.2) is 0 Å². The highest BCUT2D eigenvalue weighted by Gasteiger charge is 2.45. The van der Waals surface area contributed by atoms with Gasteiger partial charge >= 0.3 is 0 Å². The predicted octanol–water partition coefficient (Wildman–Crippen LogP) is 1.52. The van der Waals surface area contributed by atoms with Crippen LogP contribution >= 0.6 is 0 Å². The Kier molecular flexibility index (Phi) is 3.29. The van der Waals surface area contributed by atoms with Crippen LogP contribution in [0.25, 0.3) is 0 Å². The third-order valence-electron chi connectivity index (χ3n) is 2.97. The smallest absolute Gasteiger partial charge is 0.220 e. The highest BCUT2D eigenvalue weighted by Crippen LogP contribution is 2.50. The van der Waals surface area contributed by atoms with Crippen LogP contribution in [0.5, 0.6) is 0 Å². The lowest BCUT2D eigenvalue weighted by atomic mass is 10.1. The number of hydrogen-bond acceptors (Lipinski definition) is 2. The highest BCUT2D eigenvalue weighted by atomic mass is 16.2. The van der Waals surface area contributed by atoms with Gasteiger partial charge in [-0.25, -0.2) is 0 Å². The van der Waals surface area contributed by atoms with Gasteiger partial charge in [-0.05, 0) is 24.7 Å². The molecule has 0 spiro atoms. The lowest BCUT2D eigenvalue weighted by Crippen LogP contribution is -2.26. The lowest BCUT2D eigenvalue weighted by Gasteiger charge is -2.05. The molecule has 3 heteroatoms. The summed E-state index contributed by atoms with van der Waals surface area (Å²) < 4.78 is 0. The molecule has 1 aliphatic rings. The first-order valence-corrected chi connectivity index (χ1v) is 5.18. The first-order chi connectivity index (χ1) is 6.42. The minimum atomic E-state index is 0.00269. The summed E-state index contributed by atoms with van der Waals surface area (Å²) in [6, 6.07) is 0. The van der Waals surface area contributed by atoms with Crippen molar-refractivity contribution in [3.8, 4) is 0 Å². The van der Waals surface area contributed by atoms with Crippen LogP contribution in [0, 0.1) is 11.3 Å². The van der Waals surface area contributed by atoms with Crippen molar-refractivity contribution < 1.29 is 9.59 Å². The quantitative estimate of drug-likeness (QED) is 0.726. The van der Waals surface area contributed by atoms with Gasteiger partial charge in [0, 0.05) is 19.4 Å². The van der Waals surface area contributed by atoms with Crippen LogP contribution in [0.1, 0.15) is 40.0 Å². The molecule has 1 saturated carbocycles. The number of amides is 1. The second-order valence-electron chi connectivity index (χ2n) is 4.90. The molecule has 1 rings (SSSR count). The third-order valence-corrected chi connectivity index (χ3v) is 2.97. The van der Waals surface area contributed by atoms with E-state index in [1.807, 2.05) is 0 Å². The van der Waals surface area contributed by atoms with E-state index in [4.69, 9.17) is 0 Å². The van der Waals surface area contributed by atoms with Crippen LogP contribution in [0.4, 0.5) is 0 Å². The summed E-state index contributed by atoms with van der Waals surface area (Å²) in [5.41, 5.74) is 0.411. The van der Waals surface area contributed by atoms with Crippen molar-refractivity contribution in [3.05, 3.63) is 0 Å². The third kappa shape index (κ3) is 3.48. The maximum absolute atomic E-state index is 11.2. The molecule has 0 aromatic carbocycles. The highest BCUT2D eigenvalue weighted by molar-refractivity contribution is 5.83. The number of rotatable bonds is 5. The Labute approximate surface area is 85.3 Å². The van der Waals surface area contributed by atoms with Crippen molar-refractivity contribution >= 4 is 11.7 Å². The number of carbonyl (C=O) groups excluding carboxylic acids is 2. The van der Waals surface area contributed by atoms with Gasteiger partial charge in [-0.15, -0.1) is 0 Å². The molecule has 0 heterocycles. The summed E-state index contributed by atoms with van der Waals surface area (Å²) >= 11 is 0. The molecule has 0 saturated heterocycles. The first-order valence-electron chi connectivity index (χ1n) is 5.18. The summed E-state index contributed by atoms with van der Waals surface area (Å²) in [4.78, 5) is 21.8. The Bertz CT molecular complexity index is 246. The van der Waals surface area contributed by atoms with Gasteiger partial charge in [0.2, 0.25) is 5.91 Å². The van der Waals surface area contributed by atoms with Crippen molar-refractivity contribution in [1.29, 1.82) is 0 Å². The molecule has 1 aliphatic carbocycles. The Morgan fingerprint density at radius 2 is 1.93 bits per heavy atom. The van der Waals surface area contributed by atoms with Crippen LogP contribution in [-0.4, -0.2) is 18.2 Å². The molecule has 0 aliphatic heterocycles. The maximum Gasteiger partial charge on any atom is 0.220 e. The molecule has 1 atom stereocenters. The molecule has 0 aromatic rings. The predicted molar refractivity (Wildman–Crippen MR) is 54.8 cm³/mol. The van der Waals surface area contributed by atoms with Crippen molar-refractivity contribution in [2.24, 2.45) is 11.3 Å². The van der Waals surface area contributed by atoms with Gasteiger partial charge in [0.15, 0.2) is 0 Å². The van der Waals surface area contributed by atoms with Crippen molar-refractivity contribution in [2.45, 2.75) is 40.0 Å². The van der Waals surface area contributed by atoms with E-state index < -0.39 is 0 Å². The molecule has 14 heavy (non-hydrogen) atoms. The van der Waals surface area contributed by atoms with Crippen LogP contribution in [0.2, 0.25) is 0 Å². The molecular weight excluding hydrogens is 178 g/mol. The zero-order valence-electron chi connectivity index (χ0n) is 9.22. The summed E-state index contributed by atoms with van der Waals surface area (Å²) in [6.07, 6.45) is 1.89. The van der Waals surface area contributed by atoms with E-state index in [0.717, 1.165) is 6.54 Å². The fraction of sp³-hybridized carbons (Fsp3) is 0.818. The number of nitrogens with one attached hydrogen (secondary N) is 1. The van der Waals surface area contributed by atoms with Gasteiger partial charge in [-0.1, -0.05) is 13.8 Å². The van der Waals surface area contributed by atoms with E-state index >= 15 is 0 Å². The Balaban J connectivity index is 2.07.